The van der Waals surface area contributed by atoms with Crippen LogP contribution in [0, 0.1) is 6.92 Å². The minimum Gasteiger partial charge on any atom is -0.464 e. The van der Waals surface area contributed by atoms with Gasteiger partial charge in [0.1, 0.15) is 17.3 Å². The standard InChI is InChI=1S/C25H26N4O4S/c1-14(2)33-25(31)22-17-7-4-5-9-19(17)34-24(22)27-20(30)13-29-23-21(15(3)28-29)16(10-11-26-23)18-8-6-12-32-18/h6,8,10-12,14H,4-5,7,9,13H2,1-3H3,(H,27,30). The van der Waals surface area contributed by atoms with Gasteiger partial charge in [0.05, 0.1) is 29.0 Å². The Hall–Kier alpha value is -3.46. The lowest BCUT2D eigenvalue weighted by atomic mass is 9.95. The van der Waals surface area contributed by atoms with Crippen LogP contribution in [0.15, 0.2) is 35.1 Å². The van der Waals surface area contributed by atoms with Gasteiger partial charge in [-0.2, -0.15) is 5.10 Å². The smallest absolute Gasteiger partial charge is 0.341 e. The number of anilines is 1. The number of rotatable bonds is 6. The fourth-order valence-electron chi connectivity index (χ4n) is 4.47. The van der Waals surface area contributed by atoms with Gasteiger partial charge >= 0.3 is 5.97 Å². The molecule has 0 saturated heterocycles. The number of nitrogens with one attached hydrogen (secondary N) is 1. The zero-order valence-corrected chi connectivity index (χ0v) is 20.2. The average Bonchev–Trinajstić information content (AvgIpc) is 3.51. The van der Waals surface area contributed by atoms with Gasteiger partial charge in [0.25, 0.3) is 0 Å². The summed E-state index contributed by atoms with van der Waals surface area (Å²) in [4.78, 5) is 31.6. The molecule has 4 aromatic heterocycles. The summed E-state index contributed by atoms with van der Waals surface area (Å²) >= 11 is 1.48. The maximum Gasteiger partial charge on any atom is 0.341 e. The molecule has 0 saturated carbocycles. The normalized spacial score (nSPS) is 13.3. The SMILES string of the molecule is Cc1nn(CC(=O)Nc2sc3c(c2C(=O)OC(C)C)CCCC3)c2nccc(-c3ccco3)c12. The van der Waals surface area contributed by atoms with E-state index in [4.69, 9.17) is 9.15 Å². The lowest BCUT2D eigenvalue weighted by molar-refractivity contribution is -0.116. The number of hydrogen-bond acceptors (Lipinski definition) is 7. The Labute approximate surface area is 200 Å². The molecule has 0 unspecified atom stereocenters. The van der Waals surface area contributed by atoms with Gasteiger partial charge in [-0.05, 0) is 70.2 Å². The summed E-state index contributed by atoms with van der Waals surface area (Å²) < 4.78 is 12.6. The summed E-state index contributed by atoms with van der Waals surface area (Å²) in [6.07, 6.45) is 6.93. The molecule has 0 bridgehead atoms. The maximum atomic E-state index is 13.1. The third-order valence-corrected chi connectivity index (χ3v) is 7.07. The number of pyridine rings is 1. The Morgan fingerprint density at radius 2 is 2.09 bits per heavy atom. The van der Waals surface area contributed by atoms with Crippen molar-refractivity contribution in [1.82, 2.24) is 14.8 Å². The van der Waals surface area contributed by atoms with E-state index in [1.165, 1.54) is 11.3 Å². The van der Waals surface area contributed by atoms with Gasteiger partial charge in [0.2, 0.25) is 5.91 Å². The number of fused-ring (bicyclic) bond motifs is 2. The molecule has 4 heterocycles. The van der Waals surface area contributed by atoms with Crippen LogP contribution in [0.5, 0.6) is 0 Å². The predicted octanol–water partition coefficient (Wildman–Crippen LogP) is 5.14. The molecule has 0 aliphatic heterocycles. The first-order valence-electron chi connectivity index (χ1n) is 11.4. The monoisotopic (exact) mass is 478 g/mol. The number of ether oxygens (including phenoxy) is 1. The number of furan rings is 1. The van der Waals surface area contributed by atoms with Crippen molar-refractivity contribution in [3.63, 3.8) is 0 Å². The maximum absolute atomic E-state index is 13.1. The van der Waals surface area contributed by atoms with E-state index in [9.17, 15) is 9.59 Å². The summed E-state index contributed by atoms with van der Waals surface area (Å²) in [5, 5.41) is 8.93. The molecule has 1 amide bonds. The fourth-order valence-corrected chi connectivity index (χ4v) is 5.77. The van der Waals surface area contributed by atoms with E-state index in [0.717, 1.165) is 58.5 Å². The molecule has 0 aromatic carbocycles. The first kappa shape index (κ1) is 22.3. The second-order valence-corrected chi connectivity index (χ2v) is 9.80. The van der Waals surface area contributed by atoms with Crippen molar-refractivity contribution in [2.45, 2.75) is 59.1 Å². The number of amides is 1. The third-order valence-electron chi connectivity index (χ3n) is 5.86. The molecule has 0 fully saturated rings. The molecule has 0 atom stereocenters. The van der Waals surface area contributed by atoms with Crippen LogP contribution >= 0.6 is 11.3 Å². The van der Waals surface area contributed by atoms with Crippen LogP contribution in [0.25, 0.3) is 22.4 Å². The number of esters is 1. The zero-order valence-electron chi connectivity index (χ0n) is 19.4. The zero-order chi connectivity index (χ0) is 23.8. The van der Waals surface area contributed by atoms with Crippen LogP contribution in [-0.4, -0.2) is 32.7 Å². The molecule has 1 N–H and O–H groups in total. The lowest BCUT2D eigenvalue weighted by Crippen LogP contribution is -2.21. The van der Waals surface area contributed by atoms with Crippen LogP contribution < -0.4 is 5.32 Å². The Bertz CT molecular complexity index is 1370. The summed E-state index contributed by atoms with van der Waals surface area (Å²) in [6, 6.07) is 5.59. The lowest BCUT2D eigenvalue weighted by Gasteiger charge is -2.14. The fraction of sp³-hybridized carbons (Fsp3) is 0.360. The second kappa shape index (κ2) is 9.06. The van der Waals surface area contributed by atoms with Crippen molar-refractivity contribution in [3.8, 4) is 11.3 Å². The minimum atomic E-state index is -0.380. The average molecular weight is 479 g/mol. The van der Waals surface area contributed by atoms with Crippen molar-refractivity contribution in [2.24, 2.45) is 0 Å². The van der Waals surface area contributed by atoms with E-state index >= 15 is 0 Å². The van der Waals surface area contributed by atoms with Gasteiger partial charge in [0, 0.05) is 16.6 Å². The molecule has 4 aromatic rings. The molecule has 34 heavy (non-hydrogen) atoms. The highest BCUT2D eigenvalue weighted by atomic mass is 32.1. The topological polar surface area (TPSA) is 99.2 Å². The Morgan fingerprint density at radius 1 is 1.26 bits per heavy atom. The molecule has 0 radical (unpaired) electrons. The number of thiophene rings is 1. The van der Waals surface area contributed by atoms with Gasteiger partial charge in [-0.3, -0.25) is 4.79 Å². The van der Waals surface area contributed by atoms with E-state index in [-0.39, 0.29) is 24.5 Å². The molecule has 8 nitrogen and oxygen atoms in total. The van der Waals surface area contributed by atoms with Crippen LogP contribution in [-0.2, 0) is 28.9 Å². The largest absolute Gasteiger partial charge is 0.464 e. The van der Waals surface area contributed by atoms with Crippen molar-refractivity contribution in [1.29, 1.82) is 0 Å². The molecule has 1 aliphatic carbocycles. The van der Waals surface area contributed by atoms with E-state index in [0.29, 0.717) is 16.2 Å². The Morgan fingerprint density at radius 3 is 2.85 bits per heavy atom. The van der Waals surface area contributed by atoms with E-state index in [1.807, 2.05) is 39.0 Å². The second-order valence-electron chi connectivity index (χ2n) is 8.69. The van der Waals surface area contributed by atoms with Crippen molar-refractivity contribution < 1.29 is 18.7 Å². The van der Waals surface area contributed by atoms with Gasteiger partial charge in [0.15, 0.2) is 5.65 Å². The van der Waals surface area contributed by atoms with E-state index < -0.39 is 0 Å². The summed E-state index contributed by atoms with van der Waals surface area (Å²) in [6.45, 7) is 5.51. The highest BCUT2D eigenvalue weighted by Gasteiger charge is 2.28. The van der Waals surface area contributed by atoms with Crippen LogP contribution in [0.3, 0.4) is 0 Å². The molecular formula is C25H26N4O4S. The summed E-state index contributed by atoms with van der Waals surface area (Å²) in [5.41, 5.74) is 3.76. The first-order chi connectivity index (χ1) is 16.4. The van der Waals surface area contributed by atoms with Crippen LogP contribution in [0.4, 0.5) is 5.00 Å². The van der Waals surface area contributed by atoms with Gasteiger partial charge in [-0.1, -0.05) is 0 Å². The van der Waals surface area contributed by atoms with Crippen molar-refractivity contribution >= 4 is 39.2 Å². The molecular weight excluding hydrogens is 452 g/mol. The summed E-state index contributed by atoms with van der Waals surface area (Å²) in [5.74, 6) is 0.0682. The third kappa shape index (κ3) is 4.11. The number of carbonyl (C=O) groups excluding carboxylic acids is 2. The number of hydrogen-bond donors (Lipinski definition) is 1. The van der Waals surface area contributed by atoms with E-state index in [1.54, 1.807) is 17.1 Å². The number of aromatic nitrogens is 3. The van der Waals surface area contributed by atoms with Gasteiger partial charge in [-0.15, -0.1) is 11.3 Å². The van der Waals surface area contributed by atoms with Crippen molar-refractivity contribution in [3.05, 3.63) is 52.4 Å². The quantitative estimate of drug-likeness (QED) is 0.385. The van der Waals surface area contributed by atoms with Crippen LogP contribution in [0.1, 0.15) is 53.2 Å². The molecule has 0 spiro atoms. The predicted molar refractivity (Wildman–Crippen MR) is 130 cm³/mol. The van der Waals surface area contributed by atoms with E-state index in [2.05, 4.69) is 15.4 Å². The number of aryl methyl sites for hydroxylation is 2. The number of nitrogens with zero attached hydrogens (tertiary/aromatic N) is 3. The van der Waals surface area contributed by atoms with Gasteiger partial charge < -0.3 is 14.5 Å². The minimum absolute atomic E-state index is 0.0276. The molecule has 9 heteroatoms. The molecule has 5 rings (SSSR count). The Balaban J connectivity index is 1.44. The first-order valence-corrected chi connectivity index (χ1v) is 12.3. The van der Waals surface area contributed by atoms with Crippen LogP contribution in [0.2, 0.25) is 0 Å². The van der Waals surface area contributed by atoms with Gasteiger partial charge in [-0.25, -0.2) is 14.5 Å². The highest BCUT2D eigenvalue weighted by molar-refractivity contribution is 7.17. The summed E-state index contributed by atoms with van der Waals surface area (Å²) in [7, 11) is 0. The Kier molecular flexibility index (Phi) is 5.95. The number of carbonyl (C=O) groups is 2. The molecule has 1 aliphatic rings. The molecule has 176 valence electrons. The highest BCUT2D eigenvalue weighted by Crippen LogP contribution is 2.39. The van der Waals surface area contributed by atoms with Crippen molar-refractivity contribution in [2.75, 3.05) is 5.32 Å².